The number of aliphatic hydroxyl groups excluding tert-OH is 1. The number of aliphatic hydroxyl groups is 1. The fraction of sp³-hybridized carbons (Fsp3) is 0.333. The minimum atomic E-state index is -4.71. The number of benzene rings is 3. The predicted molar refractivity (Wildman–Crippen MR) is 158 cm³/mol. The number of alkyl halides is 3. The van der Waals surface area contributed by atoms with E-state index in [9.17, 15) is 36.3 Å². The van der Waals surface area contributed by atoms with E-state index in [0.29, 0.717) is 0 Å². The average molecular weight is 654 g/mol. The molecule has 2 amide bonds. The smallest absolute Gasteiger partial charge is 0.416 e. The van der Waals surface area contributed by atoms with Gasteiger partial charge in [0.15, 0.2) is 0 Å². The third-order valence-corrected chi connectivity index (χ3v) is 9.13. The molecule has 4 rings (SSSR count). The van der Waals surface area contributed by atoms with Gasteiger partial charge in [-0.15, -0.1) is 0 Å². The number of nitrogens with one attached hydrogen (secondary N) is 2. The van der Waals surface area contributed by atoms with Gasteiger partial charge >= 0.3 is 6.18 Å². The monoisotopic (exact) mass is 653 g/mol. The molecule has 236 valence electrons. The van der Waals surface area contributed by atoms with Crippen molar-refractivity contribution in [1.82, 2.24) is 10.6 Å². The molecule has 9 nitrogen and oxygen atoms in total. The van der Waals surface area contributed by atoms with Crippen molar-refractivity contribution in [2.45, 2.75) is 37.4 Å². The molecule has 3 aromatic rings. The molecule has 14 heteroatoms. The molecule has 1 aliphatic rings. The molecule has 0 saturated carbocycles. The molecule has 0 aliphatic carbocycles. The largest absolute Gasteiger partial charge is 0.489 e. The van der Waals surface area contributed by atoms with Gasteiger partial charge in [-0.05, 0) is 72.5 Å². The topological polar surface area (TPSA) is 125 Å². The first-order chi connectivity index (χ1) is 20.7. The summed E-state index contributed by atoms with van der Waals surface area (Å²) in [7, 11) is -4.04. The van der Waals surface area contributed by atoms with Gasteiger partial charge in [0.1, 0.15) is 12.4 Å². The van der Waals surface area contributed by atoms with Crippen LogP contribution in [0.25, 0.3) is 0 Å². The Morgan fingerprint density at radius 3 is 2.55 bits per heavy atom. The lowest BCUT2D eigenvalue weighted by Gasteiger charge is -2.31. The number of carbonyl (C=O) groups excluding carboxylic acids is 2. The minimum Gasteiger partial charge on any atom is -0.489 e. The van der Waals surface area contributed by atoms with Gasteiger partial charge in [0, 0.05) is 23.7 Å². The molecule has 0 radical (unpaired) electrons. The zero-order valence-electron chi connectivity index (χ0n) is 23.8. The van der Waals surface area contributed by atoms with Gasteiger partial charge in [-0.25, -0.2) is 8.42 Å². The Kier molecular flexibility index (Phi) is 10.1. The van der Waals surface area contributed by atoms with E-state index in [2.05, 4.69) is 10.6 Å². The Bertz CT molecular complexity index is 1650. The molecule has 3 N–H and O–H groups in total. The summed E-state index contributed by atoms with van der Waals surface area (Å²) in [6.45, 7) is 3.40. The van der Waals surface area contributed by atoms with Crippen molar-refractivity contribution in [3.8, 4) is 5.75 Å². The van der Waals surface area contributed by atoms with Crippen molar-refractivity contribution in [3.63, 3.8) is 0 Å². The number of anilines is 1. The van der Waals surface area contributed by atoms with Crippen LogP contribution in [0.3, 0.4) is 0 Å². The van der Waals surface area contributed by atoms with Crippen LogP contribution in [-0.2, 0) is 21.0 Å². The maximum atomic E-state index is 13.6. The number of fused-ring (bicyclic) bond motifs is 1. The molecular weight excluding hydrogens is 623 g/mol. The van der Waals surface area contributed by atoms with Crippen LogP contribution in [-0.4, -0.2) is 51.6 Å². The third kappa shape index (κ3) is 7.63. The van der Waals surface area contributed by atoms with Crippen molar-refractivity contribution in [2.24, 2.45) is 5.92 Å². The molecule has 3 aromatic carbocycles. The number of sulfonamides is 1. The van der Waals surface area contributed by atoms with E-state index < -0.39 is 46.0 Å². The highest BCUT2D eigenvalue weighted by atomic mass is 35.5. The van der Waals surface area contributed by atoms with Crippen LogP contribution in [0.2, 0.25) is 5.02 Å². The van der Waals surface area contributed by atoms with Gasteiger partial charge < -0.3 is 20.5 Å². The van der Waals surface area contributed by atoms with Crippen molar-refractivity contribution < 1.29 is 41.0 Å². The van der Waals surface area contributed by atoms with E-state index in [-0.39, 0.29) is 64.7 Å². The first-order valence-electron chi connectivity index (χ1n) is 13.6. The summed E-state index contributed by atoms with van der Waals surface area (Å²) in [6, 6.07) is 11.8. The second-order valence-electron chi connectivity index (χ2n) is 10.5. The normalized spacial score (nSPS) is 14.7. The Hall–Kier alpha value is -3.81. The molecule has 1 heterocycles. The highest BCUT2D eigenvalue weighted by Crippen LogP contribution is 2.37. The SMILES string of the molecule is Cc1cccc(S(=O)(=O)N2CCOc3ccc(C(=O)N[C@@H](CC(=O)NC[C@@H](C)CO)c4cc(C(F)(F)F)ccc4Cl)cc32)c1. The summed E-state index contributed by atoms with van der Waals surface area (Å²) in [5.74, 6) is -1.45. The molecule has 0 spiro atoms. The van der Waals surface area contributed by atoms with Crippen molar-refractivity contribution >= 4 is 39.1 Å². The lowest BCUT2D eigenvalue weighted by atomic mass is 9.99. The molecule has 2 atom stereocenters. The van der Waals surface area contributed by atoms with Gasteiger partial charge in [-0.1, -0.05) is 30.7 Å². The highest BCUT2D eigenvalue weighted by Gasteiger charge is 2.34. The van der Waals surface area contributed by atoms with Crippen molar-refractivity contribution in [3.05, 3.63) is 87.9 Å². The van der Waals surface area contributed by atoms with Crippen LogP contribution in [0, 0.1) is 12.8 Å². The quantitative estimate of drug-likeness (QED) is 0.287. The summed E-state index contributed by atoms with van der Waals surface area (Å²) in [5, 5.41) is 14.3. The maximum absolute atomic E-state index is 13.6. The first-order valence-corrected chi connectivity index (χ1v) is 15.4. The van der Waals surface area contributed by atoms with Crippen LogP contribution in [0.5, 0.6) is 5.75 Å². The average Bonchev–Trinajstić information content (AvgIpc) is 2.98. The molecule has 0 aromatic heterocycles. The van der Waals surface area contributed by atoms with Gasteiger partial charge in [-0.2, -0.15) is 13.2 Å². The number of aryl methyl sites for hydroxylation is 1. The molecular formula is C30H31ClF3N3O6S. The molecule has 0 fully saturated rings. The van der Waals surface area contributed by atoms with Crippen LogP contribution in [0.1, 0.15) is 46.4 Å². The summed E-state index contributed by atoms with van der Waals surface area (Å²) >= 11 is 6.26. The standard InChI is InChI=1S/C30H31ClF3N3O6S/c1-18-4-3-5-22(12-18)44(41,42)37-10-11-43-27-9-6-20(13-26(27)37)29(40)36-25(15-28(39)35-16-19(2)17-38)23-14-21(30(32,33)34)7-8-24(23)31/h3-9,12-14,19,25,38H,10-11,15-17H2,1-2H3,(H,35,39)(H,36,40)/t19-,25+/m1/s1. The summed E-state index contributed by atoms with van der Waals surface area (Å²) in [5.41, 5.74) is -0.337. The minimum absolute atomic E-state index is 0.0246. The Labute approximate surface area is 258 Å². The van der Waals surface area contributed by atoms with E-state index in [1.807, 2.05) is 0 Å². The van der Waals surface area contributed by atoms with Gasteiger partial charge in [0.05, 0.1) is 35.2 Å². The van der Waals surface area contributed by atoms with E-state index in [4.69, 9.17) is 16.3 Å². The summed E-state index contributed by atoms with van der Waals surface area (Å²) in [4.78, 5) is 26.3. The van der Waals surface area contributed by atoms with E-state index in [1.165, 1.54) is 30.3 Å². The number of halogens is 4. The Balaban J connectivity index is 1.67. The first kappa shape index (κ1) is 33.1. The second-order valence-corrected chi connectivity index (χ2v) is 12.8. The lowest BCUT2D eigenvalue weighted by Crippen LogP contribution is -2.38. The molecule has 0 saturated heterocycles. The fourth-order valence-corrected chi connectivity index (χ4v) is 6.37. The number of ether oxygens (including phenoxy) is 1. The number of hydrogen-bond acceptors (Lipinski definition) is 6. The van der Waals surface area contributed by atoms with E-state index in [1.54, 1.807) is 26.0 Å². The van der Waals surface area contributed by atoms with Crippen molar-refractivity contribution in [1.29, 1.82) is 0 Å². The molecule has 1 aliphatic heterocycles. The zero-order valence-corrected chi connectivity index (χ0v) is 25.4. The number of nitrogens with zero attached hydrogens (tertiary/aromatic N) is 1. The highest BCUT2D eigenvalue weighted by molar-refractivity contribution is 7.92. The third-order valence-electron chi connectivity index (χ3n) is 6.97. The van der Waals surface area contributed by atoms with Gasteiger partial charge in [0.25, 0.3) is 15.9 Å². The maximum Gasteiger partial charge on any atom is 0.416 e. The summed E-state index contributed by atoms with van der Waals surface area (Å²) in [6.07, 6.45) is -5.18. The number of amides is 2. The Morgan fingerprint density at radius 1 is 1.11 bits per heavy atom. The Morgan fingerprint density at radius 2 is 1.86 bits per heavy atom. The summed E-state index contributed by atoms with van der Waals surface area (Å²) < 4.78 is 74.5. The number of carbonyl (C=O) groups is 2. The predicted octanol–water partition coefficient (Wildman–Crippen LogP) is 4.86. The zero-order chi connectivity index (χ0) is 32.2. The van der Waals surface area contributed by atoms with Crippen molar-refractivity contribution in [2.75, 3.05) is 30.6 Å². The second kappa shape index (κ2) is 13.4. The van der Waals surface area contributed by atoms with E-state index >= 15 is 0 Å². The van der Waals surface area contributed by atoms with E-state index in [0.717, 1.165) is 28.1 Å². The molecule has 44 heavy (non-hydrogen) atoms. The lowest BCUT2D eigenvalue weighted by molar-refractivity contribution is -0.137. The van der Waals surface area contributed by atoms with Crippen LogP contribution >= 0.6 is 11.6 Å². The molecule has 0 unspecified atom stereocenters. The van der Waals surface area contributed by atoms with Gasteiger partial charge in [0.2, 0.25) is 5.91 Å². The molecule has 0 bridgehead atoms. The van der Waals surface area contributed by atoms with Crippen LogP contribution < -0.4 is 19.7 Å². The van der Waals surface area contributed by atoms with Gasteiger partial charge in [-0.3, -0.25) is 13.9 Å². The number of rotatable bonds is 10. The number of hydrogen-bond donors (Lipinski definition) is 3. The van der Waals surface area contributed by atoms with Crippen LogP contribution in [0.4, 0.5) is 18.9 Å². The van der Waals surface area contributed by atoms with Crippen LogP contribution in [0.15, 0.2) is 65.6 Å². The fourth-order valence-electron chi connectivity index (χ4n) is 4.56.